The van der Waals surface area contributed by atoms with Gasteiger partial charge in [-0.05, 0) is 24.3 Å². The number of aromatic carboxylic acids is 1. The van der Waals surface area contributed by atoms with Gasteiger partial charge in [-0.1, -0.05) is 11.3 Å². The highest BCUT2D eigenvalue weighted by molar-refractivity contribution is 7.19. The molecule has 0 fully saturated rings. The van der Waals surface area contributed by atoms with Crippen LogP contribution in [-0.2, 0) is 6.18 Å². The molecule has 2 heterocycles. The number of alkyl halides is 3. The van der Waals surface area contributed by atoms with E-state index in [1.807, 2.05) is 0 Å². The van der Waals surface area contributed by atoms with Gasteiger partial charge >= 0.3 is 12.1 Å². The molecule has 0 atom stereocenters. The highest BCUT2D eigenvalue weighted by atomic mass is 32.1. The molecule has 1 N–H and O–H groups in total. The SMILES string of the molecule is COc1ccc(-c2cn3c(C(F)(F)F)c(C(=O)O)sc3n2)cc1. The molecule has 0 unspecified atom stereocenters. The van der Waals surface area contributed by atoms with Gasteiger partial charge in [0.1, 0.15) is 10.6 Å². The summed E-state index contributed by atoms with van der Waals surface area (Å²) in [6.45, 7) is 0. The Bertz CT molecular complexity index is 881. The number of hydrogen-bond donors (Lipinski definition) is 1. The smallest absolute Gasteiger partial charge is 0.433 e. The van der Waals surface area contributed by atoms with E-state index in [0.717, 1.165) is 4.40 Å². The molecule has 0 aliphatic rings. The van der Waals surface area contributed by atoms with Gasteiger partial charge in [0.05, 0.1) is 12.8 Å². The molecule has 0 aliphatic carbocycles. The average Bonchev–Trinajstić information content (AvgIpc) is 3.03. The fraction of sp³-hybridized carbons (Fsp3) is 0.143. The Labute approximate surface area is 131 Å². The van der Waals surface area contributed by atoms with E-state index in [4.69, 9.17) is 9.84 Å². The van der Waals surface area contributed by atoms with Crippen molar-refractivity contribution in [2.45, 2.75) is 6.18 Å². The first kappa shape index (κ1) is 15.3. The zero-order valence-electron chi connectivity index (χ0n) is 11.6. The third kappa shape index (κ3) is 2.63. The van der Waals surface area contributed by atoms with Crippen molar-refractivity contribution in [3.63, 3.8) is 0 Å². The molecular formula is C14H9F3N2O3S. The van der Waals surface area contributed by atoms with Gasteiger partial charge in [0.25, 0.3) is 0 Å². The molecule has 0 aliphatic heterocycles. The molecule has 23 heavy (non-hydrogen) atoms. The van der Waals surface area contributed by atoms with Crippen molar-refractivity contribution in [2.24, 2.45) is 0 Å². The number of ether oxygens (including phenoxy) is 1. The van der Waals surface area contributed by atoms with Crippen LogP contribution < -0.4 is 4.74 Å². The molecule has 0 radical (unpaired) electrons. The second kappa shape index (κ2) is 5.27. The lowest BCUT2D eigenvalue weighted by Gasteiger charge is -2.06. The molecule has 5 nitrogen and oxygen atoms in total. The number of carbonyl (C=O) groups is 1. The van der Waals surface area contributed by atoms with Crippen molar-refractivity contribution >= 4 is 22.3 Å². The van der Waals surface area contributed by atoms with Gasteiger partial charge in [0.2, 0.25) is 0 Å². The molecule has 3 aromatic rings. The van der Waals surface area contributed by atoms with E-state index >= 15 is 0 Å². The third-order valence-corrected chi connectivity index (χ3v) is 4.21. The van der Waals surface area contributed by atoms with Crippen LogP contribution in [-0.4, -0.2) is 27.6 Å². The first-order valence-electron chi connectivity index (χ1n) is 6.28. The van der Waals surface area contributed by atoms with Gasteiger partial charge in [0, 0.05) is 11.8 Å². The van der Waals surface area contributed by atoms with Crippen LogP contribution in [0.3, 0.4) is 0 Å². The maximum absolute atomic E-state index is 13.2. The predicted molar refractivity (Wildman–Crippen MR) is 77.0 cm³/mol. The molecule has 1 aromatic carbocycles. The van der Waals surface area contributed by atoms with Crippen LogP contribution in [0.5, 0.6) is 5.75 Å². The van der Waals surface area contributed by atoms with E-state index in [2.05, 4.69) is 4.98 Å². The summed E-state index contributed by atoms with van der Waals surface area (Å²) in [5.74, 6) is -1.02. The predicted octanol–water partition coefficient (Wildman–Crippen LogP) is 3.79. The summed E-state index contributed by atoms with van der Waals surface area (Å²) >= 11 is 0.490. The van der Waals surface area contributed by atoms with E-state index < -0.39 is 22.7 Å². The number of benzene rings is 1. The fourth-order valence-corrected chi connectivity index (χ4v) is 3.12. The minimum Gasteiger partial charge on any atom is -0.497 e. The Morgan fingerprint density at radius 1 is 1.30 bits per heavy atom. The number of methoxy groups -OCH3 is 1. The number of nitrogens with zero attached hydrogens (tertiary/aromatic N) is 2. The number of thiazole rings is 1. The Kier molecular flexibility index (Phi) is 3.52. The van der Waals surface area contributed by atoms with E-state index in [1.165, 1.54) is 13.3 Å². The van der Waals surface area contributed by atoms with Gasteiger partial charge in [-0.15, -0.1) is 0 Å². The maximum atomic E-state index is 13.2. The lowest BCUT2D eigenvalue weighted by Crippen LogP contribution is -2.13. The highest BCUT2D eigenvalue weighted by Gasteiger charge is 2.40. The molecule has 0 saturated carbocycles. The second-order valence-corrected chi connectivity index (χ2v) is 5.57. The van der Waals surface area contributed by atoms with E-state index in [1.54, 1.807) is 24.3 Å². The molecule has 0 amide bonds. The molecular weight excluding hydrogens is 333 g/mol. The summed E-state index contributed by atoms with van der Waals surface area (Å²) in [6, 6.07) is 6.65. The molecule has 2 aromatic heterocycles. The summed E-state index contributed by atoms with van der Waals surface area (Å²) in [4.78, 5) is 14.3. The number of carboxylic acid groups (broad SMARTS) is 1. The lowest BCUT2D eigenvalue weighted by atomic mass is 10.2. The molecule has 0 bridgehead atoms. The largest absolute Gasteiger partial charge is 0.497 e. The Morgan fingerprint density at radius 2 is 1.96 bits per heavy atom. The molecule has 0 saturated heterocycles. The van der Waals surface area contributed by atoms with Crippen molar-refractivity contribution in [1.29, 1.82) is 0 Å². The maximum Gasteiger partial charge on any atom is 0.433 e. The minimum absolute atomic E-state index is 0.0273. The van der Waals surface area contributed by atoms with Gasteiger partial charge < -0.3 is 9.84 Å². The van der Waals surface area contributed by atoms with Crippen LogP contribution in [0.1, 0.15) is 15.4 Å². The van der Waals surface area contributed by atoms with E-state index in [0.29, 0.717) is 28.3 Å². The topological polar surface area (TPSA) is 63.8 Å². The van der Waals surface area contributed by atoms with Crippen LogP contribution in [0.4, 0.5) is 13.2 Å². The summed E-state index contributed by atoms with van der Waals surface area (Å²) in [5, 5.41) is 8.95. The summed E-state index contributed by atoms with van der Waals surface area (Å²) in [5.41, 5.74) is -0.301. The van der Waals surface area contributed by atoms with Gasteiger partial charge in [-0.25, -0.2) is 9.78 Å². The summed E-state index contributed by atoms with van der Waals surface area (Å²) < 4.78 is 45.3. The van der Waals surface area contributed by atoms with Crippen molar-refractivity contribution < 1.29 is 27.8 Å². The number of fused-ring (bicyclic) bond motifs is 1. The number of hydrogen-bond acceptors (Lipinski definition) is 4. The number of carboxylic acids is 1. The first-order chi connectivity index (χ1) is 10.8. The Morgan fingerprint density at radius 3 is 2.48 bits per heavy atom. The molecule has 120 valence electrons. The monoisotopic (exact) mass is 342 g/mol. The lowest BCUT2D eigenvalue weighted by molar-refractivity contribution is -0.142. The number of halogens is 3. The standard InChI is InChI=1S/C14H9F3N2O3S/c1-22-8-4-2-7(3-5-8)9-6-19-11(14(15,16)17)10(12(20)21)23-13(19)18-9/h2-6H,1H3,(H,20,21). The van der Waals surface area contributed by atoms with Gasteiger partial charge in [-0.3, -0.25) is 4.40 Å². The third-order valence-electron chi connectivity index (χ3n) is 3.17. The summed E-state index contributed by atoms with van der Waals surface area (Å²) in [6.07, 6.45) is -3.60. The Hall–Kier alpha value is -2.55. The average molecular weight is 342 g/mol. The van der Waals surface area contributed by atoms with Gasteiger partial charge in [-0.2, -0.15) is 13.2 Å². The van der Waals surface area contributed by atoms with Crippen molar-refractivity contribution in [3.05, 3.63) is 41.0 Å². The zero-order chi connectivity index (χ0) is 16.8. The van der Waals surface area contributed by atoms with Crippen LogP contribution >= 0.6 is 11.3 Å². The van der Waals surface area contributed by atoms with E-state index in [9.17, 15) is 18.0 Å². The molecule has 0 spiro atoms. The number of imidazole rings is 1. The van der Waals surface area contributed by atoms with Crippen LogP contribution in [0.2, 0.25) is 0 Å². The van der Waals surface area contributed by atoms with Crippen molar-refractivity contribution in [1.82, 2.24) is 9.38 Å². The number of aromatic nitrogens is 2. The van der Waals surface area contributed by atoms with Gasteiger partial charge in [0.15, 0.2) is 10.7 Å². The summed E-state index contributed by atoms with van der Waals surface area (Å²) in [7, 11) is 1.50. The normalized spacial score (nSPS) is 11.8. The molecule has 9 heteroatoms. The zero-order valence-corrected chi connectivity index (χ0v) is 12.4. The van der Waals surface area contributed by atoms with Crippen molar-refractivity contribution in [3.8, 4) is 17.0 Å². The van der Waals surface area contributed by atoms with E-state index in [-0.39, 0.29) is 4.96 Å². The first-order valence-corrected chi connectivity index (χ1v) is 7.09. The fourth-order valence-electron chi connectivity index (χ4n) is 2.16. The van der Waals surface area contributed by atoms with Crippen LogP contribution in [0, 0.1) is 0 Å². The quantitative estimate of drug-likeness (QED) is 0.787. The van der Waals surface area contributed by atoms with Crippen LogP contribution in [0.15, 0.2) is 30.5 Å². The second-order valence-electron chi connectivity index (χ2n) is 4.59. The van der Waals surface area contributed by atoms with Crippen LogP contribution in [0.25, 0.3) is 16.2 Å². The minimum atomic E-state index is -4.79. The highest BCUT2D eigenvalue weighted by Crippen LogP contribution is 2.38. The Balaban J connectivity index is 2.15. The van der Waals surface area contributed by atoms with Crippen molar-refractivity contribution in [2.75, 3.05) is 7.11 Å². The molecule has 3 rings (SSSR count). The number of rotatable bonds is 3.